The molecule has 0 aliphatic rings. The molecule has 0 bridgehead atoms. The SMILES string of the molecule is COc1ccc(C)c(/C=C/C(=O)c2ccc(N)cc2)c1. The van der Waals surface area contributed by atoms with Crippen molar-refractivity contribution in [2.45, 2.75) is 6.92 Å². The fourth-order valence-electron chi connectivity index (χ4n) is 1.83. The molecular weight excluding hydrogens is 250 g/mol. The van der Waals surface area contributed by atoms with Gasteiger partial charge in [0.05, 0.1) is 7.11 Å². The Kier molecular flexibility index (Phi) is 4.20. The van der Waals surface area contributed by atoms with Crippen LogP contribution < -0.4 is 10.5 Å². The predicted molar refractivity (Wildman–Crippen MR) is 81.9 cm³/mol. The average Bonchev–Trinajstić information content (AvgIpc) is 2.47. The van der Waals surface area contributed by atoms with E-state index in [1.54, 1.807) is 43.5 Å². The summed E-state index contributed by atoms with van der Waals surface area (Å²) in [6.45, 7) is 1.99. The summed E-state index contributed by atoms with van der Waals surface area (Å²) in [7, 11) is 1.62. The minimum absolute atomic E-state index is 0.0489. The molecule has 0 spiro atoms. The Bertz CT molecular complexity index is 643. The van der Waals surface area contributed by atoms with Crippen LogP contribution in [0.15, 0.2) is 48.5 Å². The monoisotopic (exact) mass is 267 g/mol. The molecule has 0 aliphatic heterocycles. The van der Waals surface area contributed by atoms with E-state index in [2.05, 4.69) is 0 Å². The summed E-state index contributed by atoms with van der Waals surface area (Å²) in [6.07, 6.45) is 3.36. The smallest absolute Gasteiger partial charge is 0.185 e. The lowest BCUT2D eigenvalue weighted by molar-refractivity contribution is 0.104. The molecule has 0 amide bonds. The lowest BCUT2D eigenvalue weighted by atomic mass is 10.1. The van der Waals surface area contributed by atoms with Crippen molar-refractivity contribution in [2.75, 3.05) is 12.8 Å². The van der Waals surface area contributed by atoms with E-state index in [0.717, 1.165) is 16.9 Å². The molecule has 0 atom stereocenters. The third-order valence-corrected chi connectivity index (χ3v) is 3.10. The van der Waals surface area contributed by atoms with Gasteiger partial charge >= 0.3 is 0 Å². The van der Waals surface area contributed by atoms with Crippen molar-refractivity contribution in [2.24, 2.45) is 0 Å². The molecule has 0 aliphatic carbocycles. The largest absolute Gasteiger partial charge is 0.497 e. The Labute approximate surface area is 118 Å². The lowest BCUT2D eigenvalue weighted by Gasteiger charge is -2.04. The maximum Gasteiger partial charge on any atom is 0.185 e. The van der Waals surface area contributed by atoms with Gasteiger partial charge in [0.25, 0.3) is 0 Å². The third-order valence-electron chi connectivity index (χ3n) is 3.10. The van der Waals surface area contributed by atoms with Gasteiger partial charge in [0.1, 0.15) is 5.75 Å². The number of ether oxygens (including phenoxy) is 1. The Morgan fingerprint density at radius 3 is 2.50 bits per heavy atom. The van der Waals surface area contributed by atoms with E-state index in [0.29, 0.717) is 11.3 Å². The number of nitrogen functional groups attached to an aromatic ring is 1. The number of methoxy groups -OCH3 is 1. The number of ketones is 1. The van der Waals surface area contributed by atoms with E-state index in [1.165, 1.54) is 0 Å². The minimum atomic E-state index is -0.0489. The van der Waals surface area contributed by atoms with Crippen molar-refractivity contribution in [1.82, 2.24) is 0 Å². The van der Waals surface area contributed by atoms with Gasteiger partial charge in [0, 0.05) is 11.3 Å². The summed E-state index contributed by atoms with van der Waals surface area (Å²) in [6, 6.07) is 12.7. The molecule has 102 valence electrons. The predicted octanol–water partition coefficient (Wildman–Crippen LogP) is 3.48. The van der Waals surface area contributed by atoms with E-state index < -0.39 is 0 Å². The molecule has 0 saturated carbocycles. The van der Waals surface area contributed by atoms with E-state index in [1.807, 2.05) is 25.1 Å². The van der Waals surface area contributed by atoms with E-state index in [4.69, 9.17) is 10.5 Å². The maximum atomic E-state index is 12.0. The normalized spacial score (nSPS) is 10.7. The highest BCUT2D eigenvalue weighted by Gasteiger charge is 2.02. The van der Waals surface area contributed by atoms with Crippen molar-refractivity contribution in [3.63, 3.8) is 0 Å². The molecule has 0 heterocycles. The van der Waals surface area contributed by atoms with Crippen LogP contribution in [0, 0.1) is 6.92 Å². The first-order chi connectivity index (χ1) is 9.60. The first-order valence-electron chi connectivity index (χ1n) is 6.33. The Morgan fingerprint density at radius 1 is 1.15 bits per heavy atom. The first-order valence-corrected chi connectivity index (χ1v) is 6.33. The van der Waals surface area contributed by atoms with Crippen molar-refractivity contribution >= 4 is 17.5 Å². The highest BCUT2D eigenvalue weighted by Crippen LogP contribution is 2.18. The zero-order valence-electron chi connectivity index (χ0n) is 11.6. The summed E-state index contributed by atoms with van der Waals surface area (Å²) in [5.74, 6) is 0.724. The van der Waals surface area contributed by atoms with Crippen LogP contribution in [0.2, 0.25) is 0 Å². The maximum absolute atomic E-state index is 12.0. The zero-order valence-corrected chi connectivity index (χ0v) is 11.6. The molecule has 0 radical (unpaired) electrons. The van der Waals surface area contributed by atoms with Crippen LogP contribution >= 0.6 is 0 Å². The average molecular weight is 267 g/mol. The lowest BCUT2D eigenvalue weighted by Crippen LogP contribution is -1.95. The van der Waals surface area contributed by atoms with Crippen LogP contribution in [0.25, 0.3) is 6.08 Å². The molecule has 3 heteroatoms. The standard InChI is InChI=1S/C17H17NO2/c1-12-3-9-16(20-2)11-14(12)6-10-17(19)13-4-7-15(18)8-5-13/h3-11H,18H2,1-2H3/b10-6+. The first kappa shape index (κ1) is 13.9. The van der Waals surface area contributed by atoms with Crippen LogP contribution in [0.3, 0.4) is 0 Å². The van der Waals surface area contributed by atoms with Gasteiger partial charge in [0.2, 0.25) is 0 Å². The molecule has 0 saturated heterocycles. The highest BCUT2D eigenvalue weighted by atomic mass is 16.5. The molecule has 2 aromatic carbocycles. The summed E-state index contributed by atoms with van der Waals surface area (Å²) in [4.78, 5) is 12.0. The second kappa shape index (κ2) is 6.06. The number of carbonyl (C=O) groups excluding carboxylic acids is 1. The van der Waals surface area contributed by atoms with Gasteiger partial charge in [0.15, 0.2) is 5.78 Å². The number of aryl methyl sites for hydroxylation is 1. The van der Waals surface area contributed by atoms with Crippen molar-refractivity contribution in [3.8, 4) is 5.75 Å². The number of hydrogen-bond acceptors (Lipinski definition) is 3. The molecule has 0 unspecified atom stereocenters. The number of rotatable bonds is 4. The van der Waals surface area contributed by atoms with Crippen LogP contribution in [-0.4, -0.2) is 12.9 Å². The molecule has 2 N–H and O–H groups in total. The number of anilines is 1. The van der Waals surface area contributed by atoms with Gasteiger partial charge in [-0.05, 0) is 60.5 Å². The third kappa shape index (κ3) is 3.26. The van der Waals surface area contributed by atoms with E-state index in [9.17, 15) is 4.79 Å². The van der Waals surface area contributed by atoms with Gasteiger partial charge < -0.3 is 10.5 Å². The topological polar surface area (TPSA) is 52.3 Å². The second-order valence-electron chi connectivity index (χ2n) is 4.54. The summed E-state index contributed by atoms with van der Waals surface area (Å²) in [5, 5.41) is 0. The summed E-state index contributed by atoms with van der Waals surface area (Å²) < 4.78 is 5.18. The van der Waals surface area contributed by atoms with Crippen LogP contribution in [0.5, 0.6) is 5.75 Å². The second-order valence-corrected chi connectivity index (χ2v) is 4.54. The number of nitrogens with two attached hydrogens (primary N) is 1. The number of allylic oxidation sites excluding steroid dienone is 1. The molecule has 2 aromatic rings. The van der Waals surface area contributed by atoms with Crippen LogP contribution in [0.4, 0.5) is 5.69 Å². The number of hydrogen-bond donors (Lipinski definition) is 1. The van der Waals surface area contributed by atoms with Gasteiger partial charge in [-0.3, -0.25) is 4.79 Å². The van der Waals surface area contributed by atoms with Crippen molar-refractivity contribution in [3.05, 3.63) is 65.2 Å². The minimum Gasteiger partial charge on any atom is -0.497 e. The Balaban J connectivity index is 2.20. The quantitative estimate of drug-likeness (QED) is 0.524. The molecule has 0 fully saturated rings. The van der Waals surface area contributed by atoms with Crippen LogP contribution in [-0.2, 0) is 0 Å². The van der Waals surface area contributed by atoms with Gasteiger partial charge in [-0.1, -0.05) is 12.1 Å². The molecule has 2 rings (SSSR count). The van der Waals surface area contributed by atoms with Gasteiger partial charge in [-0.2, -0.15) is 0 Å². The molecule has 0 aromatic heterocycles. The number of carbonyl (C=O) groups is 1. The molecule has 20 heavy (non-hydrogen) atoms. The summed E-state index contributed by atoms with van der Waals surface area (Å²) in [5.41, 5.74) is 8.92. The van der Waals surface area contributed by atoms with Gasteiger partial charge in [-0.15, -0.1) is 0 Å². The Hall–Kier alpha value is -2.55. The van der Waals surface area contributed by atoms with E-state index in [-0.39, 0.29) is 5.78 Å². The van der Waals surface area contributed by atoms with E-state index >= 15 is 0 Å². The molecule has 3 nitrogen and oxygen atoms in total. The van der Waals surface area contributed by atoms with Crippen molar-refractivity contribution < 1.29 is 9.53 Å². The number of benzene rings is 2. The van der Waals surface area contributed by atoms with Crippen LogP contribution in [0.1, 0.15) is 21.5 Å². The summed E-state index contributed by atoms with van der Waals surface area (Å²) >= 11 is 0. The fraction of sp³-hybridized carbons (Fsp3) is 0.118. The highest BCUT2D eigenvalue weighted by molar-refractivity contribution is 6.07. The van der Waals surface area contributed by atoms with Crippen molar-refractivity contribution in [1.29, 1.82) is 0 Å². The Morgan fingerprint density at radius 2 is 1.85 bits per heavy atom. The zero-order chi connectivity index (χ0) is 14.5. The van der Waals surface area contributed by atoms with Gasteiger partial charge in [-0.25, -0.2) is 0 Å². The molecular formula is C17H17NO2. The fourth-order valence-corrected chi connectivity index (χ4v) is 1.83.